The lowest BCUT2D eigenvalue weighted by Crippen LogP contribution is -2.47. The van der Waals surface area contributed by atoms with E-state index in [1.54, 1.807) is 17.0 Å². The number of likely N-dealkylation sites (tertiary alicyclic amines) is 1. The number of carbonyl (C=O) groups is 1. The summed E-state index contributed by atoms with van der Waals surface area (Å²) in [6, 6.07) is 5.19. The van der Waals surface area contributed by atoms with Crippen LogP contribution in [0.2, 0.25) is 0 Å². The first-order chi connectivity index (χ1) is 8.99. The molecule has 2 rings (SSSR count). The van der Waals surface area contributed by atoms with Crippen LogP contribution in [0, 0.1) is 0 Å². The van der Waals surface area contributed by atoms with Crippen LogP contribution < -0.4 is 0 Å². The predicted molar refractivity (Wildman–Crippen MR) is 78.4 cm³/mol. The number of piperidine rings is 1. The van der Waals surface area contributed by atoms with E-state index < -0.39 is 0 Å². The van der Waals surface area contributed by atoms with Crippen LogP contribution in [-0.4, -0.2) is 54.0 Å². The van der Waals surface area contributed by atoms with E-state index in [0.29, 0.717) is 10.0 Å². The lowest BCUT2D eigenvalue weighted by atomic mass is 10.0. The second-order valence-corrected chi connectivity index (χ2v) is 5.99. The Morgan fingerprint density at radius 3 is 2.89 bits per heavy atom. The normalized spacial score (nSPS) is 20.3. The summed E-state index contributed by atoms with van der Waals surface area (Å²) < 4.78 is 0.601. The third-order valence-electron chi connectivity index (χ3n) is 3.66. The molecule has 0 radical (unpaired) electrons. The predicted octanol–water partition coefficient (Wildman–Crippen LogP) is 2.32. The Bertz CT molecular complexity index is 479. The van der Waals surface area contributed by atoms with E-state index in [2.05, 4.69) is 27.9 Å². The smallest absolute Gasteiger partial charge is 0.254 e. The number of hydrogen-bond donors (Lipinski definition) is 1. The fourth-order valence-electron chi connectivity index (χ4n) is 2.47. The van der Waals surface area contributed by atoms with Crippen molar-refractivity contribution in [3.8, 4) is 5.75 Å². The molecular weight excluding hydrogens is 308 g/mol. The molecule has 1 atom stereocenters. The minimum Gasteiger partial charge on any atom is -0.507 e. The number of nitrogens with zero attached hydrogens (tertiary/aromatic N) is 2. The minimum atomic E-state index is -0.0388. The van der Waals surface area contributed by atoms with E-state index in [-0.39, 0.29) is 17.7 Å². The number of benzene rings is 1. The van der Waals surface area contributed by atoms with E-state index >= 15 is 0 Å². The highest BCUT2D eigenvalue weighted by atomic mass is 79.9. The highest BCUT2D eigenvalue weighted by molar-refractivity contribution is 9.10. The topological polar surface area (TPSA) is 43.8 Å². The summed E-state index contributed by atoms with van der Waals surface area (Å²) >= 11 is 3.22. The highest BCUT2D eigenvalue weighted by Crippen LogP contribution is 2.25. The second-order valence-electron chi connectivity index (χ2n) is 5.14. The Labute approximate surface area is 122 Å². The molecular formula is C14H19BrN2O2. The standard InChI is InChI=1S/C14H19BrN2O2/c1-16-7-3-4-11(9-16)17(2)14(19)10-5-6-12(15)13(18)8-10/h5-6,8,11,18H,3-4,7,9H2,1-2H3. The second kappa shape index (κ2) is 5.92. The van der Waals surface area contributed by atoms with Gasteiger partial charge in [-0.1, -0.05) is 0 Å². The zero-order valence-electron chi connectivity index (χ0n) is 11.3. The zero-order chi connectivity index (χ0) is 14.0. The van der Waals surface area contributed by atoms with Crippen molar-refractivity contribution < 1.29 is 9.90 Å². The SMILES string of the molecule is CN1CCCC(N(C)C(=O)c2ccc(Br)c(O)c2)C1. The minimum absolute atomic E-state index is 0.0388. The van der Waals surface area contributed by atoms with Crippen LogP contribution in [0.15, 0.2) is 22.7 Å². The van der Waals surface area contributed by atoms with Gasteiger partial charge in [0.2, 0.25) is 0 Å². The van der Waals surface area contributed by atoms with E-state index in [1.165, 1.54) is 6.07 Å². The average Bonchev–Trinajstić information content (AvgIpc) is 2.40. The van der Waals surface area contributed by atoms with Gasteiger partial charge in [-0.2, -0.15) is 0 Å². The number of likely N-dealkylation sites (N-methyl/N-ethyl adjacent to an activating group) is 2. The van der Waals surface area contributed by atoms with Gasteiger partial charge in [-0.05, 0) is 60.6 Å². The van der Waals surface area contributed by atoms with Crippen LogP contribution in [0.3, 0.4) is 0 Å². The number of amides is 1. The van der Waals surface area contributed by atoms with E-state index in [9.17, 15) is 9.90 Å². The van der Waals surface area contributed by atoms with Gasteiger partial charge in [0.15, 0.2) is 0 Å². The summed E-state index contributed by atoms with van der Waals surface area (Å²) in [4.78, 5) is 16.4. The molecule has 0 aromatic heterocycles. The van der Waals surface area contributed by atoms with Crippen molar-refractivity contribution >= 4 is 21.8 Å². The molecule has 1 fully saturated rings. The fourth-order valence-corrected chi connectivity index (χ4v) is 2.72. The molecule has 1 aromatic rings. The number of phenolic OH excluding ortho intramolecular Hbond substituents is 1. The zero-order valence-corrected chi connectivity index (χ0v) is 12.9. The molecule has 19 heavy (non-hydrogen) atoms. The maximum atomic E-state index is 12.4. The maximum Gasteiger partial charge on any atom is 0.254 e. The van der Waals surface area contributed by atoms with Crippen molar-refractivity contribution in [1.82, 2.24) is 9.80 Å². The summed E-state index contributed by atoms with van der Waals surface area (Å²) in [6.07, 6.45) is 2.15. The van der Waals surface area contributed by atoms with Gasteiger partial charge in [0.1, 0.15) is 5.75 Å². The molecule has 1 unspecified atom stereocenters. The maximum absolute atomic E-state index is 12.4. The number of aromatic hydroxyl groups is 1. The van der Waals surface area contributed by atoms with E-state index in [1.807, 2.05) is 7.05 Å². The first-order valence-electron chi connectivity index (χ1n) is 6.43. The quantitative estimate of drug-likeness (QED) is 0.907. The van der Waals surface area contributed by atoms with Crippen LogP contribution >= 0.6 is 15.9 Å². The van der Waals surface area contributed by atoms with Gasteiger partial charge < -0.3 is 14.9 Å². The molecule has 1 aliphatic heterocycles. The molecule has 0 bridgehead atoms. The van der Waals surface area contributed by atoms with Gasteiger partial charge in [-0.3, -0.25) is 4.79 Å². The molecule has 4 nitrogen and oxygen atoms in total. The number of halogens is 1. The van der Waals surface area contributed by atoms with Gasteiger partial charge >= 0.3 is 0 Å². The molecule has 0 spiro atoms. The Kier molecular flexibility index (Phi) is 4.47. The highest BCUT2D eigenvalue weighted by Gasteiger charge is 2.25. The van der Waals surface area contributed by atoms with Gasteiger partial charge in [0.25, 0.3) is 5.91 Å². The lowest BCUT2D eigenvalue weighted by molar-refractivity contribution is 0.0643. The summed E-state index contributed by atoms with van der Waals surface area (Å²) in [6.45, 7) is 2.00. The molecule has 1 heterocycles. The Morgan fingerprint density at radius 1 is 1.53 bits per heavy atom. The monoisotopic (exact) mass is 326 g/mol. The summed E-state index contributed by atoms with van der Waals surface area (Å²) in [5.41, 5.74) is 0.524. The largest absolute Gasteiger partial charge is 0.507 e. The average molecular weight is 327 g/mol. The fraction of sp³-hybridized carbons (Fsp3) is 0.500. The molecule has 1 N–H and O–H groups in total. The molecule has 0 saturated carbocycles. The number of carbonyl (C=O) groups excluding carboxylic acids is 1. The molecule has 5 heteroatoms. The summed E-state index contributed by atoms with van der Waals surface area (Å²) in [5.74, 6) is 0.0584. The first-order valence-corrected chi connectivity index (χ1v) is 7.22. The van der Waals surface area contributed by atoms with Crippen molar-refractivity contribution in [2.45, 2.75) is 18.9 Å². The van der Waals surface area contributed by atoms with Crippen LogP contribution in [0.5, 0.6) is 5.75 Å². The molecule has 1 aliphatic rings. The summed E-state index contributed by atoms with van der Waals surface area (Å²) in [5, 5.41) is 9.66. The Balaban J connectivity index is 2.11. The number of hydrogen-bond acceptors (Lipinski definition) is 3. The first kappa shape index (κ1) is 14.3. The molecule has 104 valence electrons. The third kappa shape index (κ3) is 3.28. The van der Waals surface area contributed by atoms with Crippen LogP contribution in [0.1, 0.15) is 23.2 Å². The molecule has 1 aromatic carbocycles. The van der Waals surface area contributed by atoms with Crippen molar-refractivity contribution in [2.24, 2.45) is 0 Å². The van der Waals surface area contributed by atoms with Gasteiger partial charge in [-0.25, -0.2) is 0 Å². The number of phenols is 1. The van der Waals surface area contributed by atoms with Crippen LogP contribution in [0.25, 0.3) is 0 Å². The van der Waals surface area contributed by atoms with Crippen molar-refractivity contribution in [2.75, 3.05) is 27.2 Å². The Morgan fingerprint density at radius 2 is 2.26 bits per heavy atom. The molecule has 1 amide bonds. The summed E-state index contributed by atoms with van der Waals surface area (Å²) in [7, 11) is 3.92. The van der Waals surface area contributed by atoms with Gasteiger partial charge in [0.05, 0.1) is 4.47 Å². The van der Waals surface area contributed by atoms with Crippen LogP contribution in [0.4, 0.5) is 0 Å². The van der Waals surface area contributed by atoms with E-state index in [4.69, 9.17) is 0 Å². The van der Waals surface area contributed by atoms with Gasteiger partial charge in [-0.15, -0.1) is 0 Å². The van der Waals surface area contributed by atoms with Crippen molar-refractivity contribution in [1.29, 1.82) is 0 Å². The third-order valence-corrected chi connectivity index (χ3v) is 4.33. The van der Waals surface area contributed by atoms with Crippen LogP contribution in [-0.2, 0) is 0 Å². The van der Waals surface area contributed by atoms with Crippen molar-refractivity contribution in [3.05, 3.63) is 28.2 Å². The molecule has 1 saturated heterocycles. The molecule has 0 aliphatic carbocycles. The van der Waals surface area contributed by atoms with Gasteiger partial charge in [0, 0.05) is 25.2 Å². The number of rotatable bonds is 2. The lowest BCUT2D eigenvalue weighted by Gasteiger charge is -2.35. The van der Waals surface area contributed by atoms with Crippen molar-refractivity contribution in [3.63, 3.8) is 0 Å². The Hall–Kier alpha value is -1.07. The van der Waals surface area contributed by atoms with E-state index in [0.717, 1.165) is 25.9 Å².